The minimum absolute atomic E-state index is 0.152. The Hall–Kier alpha value is -1.51. The predicted octanol–water partition coefficient (Wildman–Crippen LogP) is 0.762. The van der Waals surface area contributed by atoms with Gasteiger partial charge in [0.25, 0.3) is 11.6 Å². The van der Waals surface area contributed by atoms with Crippen molar-refractivity contribution in [2.24, 2.45) is 0 Å². The van der Waals surface area contributed by atoms with Gasteiger partial charge in [-0.25, -0.2) is 0 Å². The van der Waals surface area contributed by atoms with Crippen molar-refractivity contribution in [2.45, 2.75) is 12.1 Å². The number of nitro groups is 1. The summed E-state index contributed by atoms with van der Waals surface area (Å²) in [6.07, 6.45) is -0.633. The second-order valence-corrected chi connectivity index (χ2v) is 5.58. The molecule has 1 amide bonds. The number of likely N-dealkylation sites (N-methyl/N-ethyl adjacent to an activating group) is 1. The summed E-state index contributed by atoms with van der Waals surface area (Å²) in [5, 5.41) is 23.6. The predicted molar refractivity (Wildman–Crippen MR) is 75.6 cm³/mol. The third-order valence-corrected chi connectivity index (χ3v) is 3.77. The second-order valence-electron chi connectivity index (χ2n) is 4.66. The van der Waals surface area contributed by atoms with Crippen molar-refractivity contribution in [3.8, 4) is 0 Å². The fourth-order valence-corrected chi connectivity index (χ4v) is 2.68. The first-order chi connectivity index (χ1) is 9.40. The van der Waals surface area contributed by atoms with E-state index in [1.54, 1.807) is 7.05 Å². The molecule has 0 saturated carbocycles. The number of benzene rings is 1. The summed E-state index contributed by atoms with van der Waals surface area (Å²) < 4.78 is 0.466. The van der Waals surface area contributed by atoms with E-state index in [-0.39, 0.29) is 23.2 Å². The molecule has 1 aromatic carbocycles. The fraction of sp³-hybridized carbons (Fsp3) is 0.417. The van der Waals surface area contributed by atoms with E-state index < -0.39 is 11.0 Å². The third-order valence-electron chi connectivity index (χ3n) is 3.31. The van der Waals surface area contributed by atoms with Crippen LogP contribution in [0.5, 0.6) is 0 Å². The molecule has 1 fully saturated rings. The van der Waals surface area contributed by atoms with Crippen LogP contribution in [-0.2, 0) is 0 Å². The summed E-state index contributed by atoms with van der Waals surface area (Å²) in [4.78, 5) is 24.0. The molecule has 7 nitrogen and oxygen atoms in total. The molecule has 0 bridgehead atoms. The molecule has 2 N–H and O–H groups in total. The molecule has 20 heavy (non-hydrogen) atoms. The minimum atomic E-state index is -0.633. The highest BCUT2D eigenvalue weighted by Crippen LogP contribution is 2.23. The summed E-state index contributed by atoms with van der Waals surface area (Å²) in [5.74, 6) is -0.359. The Kier molecular flexibility index (Phi) is 4.36. The fourth-order valence-electron chi connectivity index (χ4n) is 2.20. The number of nitrogens with zero attached hydrogens (tertiary/aromatic N) is 2. The molecular weight excluding hydrogens is 330 g/mol. The molecule has 8 heteroatoms. The zero-order valence-electron chi connectivity index (χ0n) is 10.7. The second kappa shape index (κ2) is 5.86. The van der Waals surface area contributed by atoms with Crippen molar-refractivity contribution >= 4 is 27.5 Å². The van der Waals surface area contributed by atoms with E-state index in [9.17, 15) is 20.0 Å². The van der Waals surface area contributed by atoms with E-state index >= 15 is 0 Å². The number of non-ortho nitro benzene ring substituents is 1. The third kappa shape index (κ3) is 2.97. The van der Waals surface area contributed by atoms with Gasteiger partial charge in [0.2, 0.25) is 0 Å². The van der Waals surface area contributed by atoms with Crippen LogP contribution in [0.4, 0.5) is 5.69 Å². The number of halogens is 1. The monoisotopic (exact) mass is 343 g/mol. The largest absolute Gasteiger partial charge is 0.390 e. The van der Waals surface area contributed by atoms with Gasteiger partial charge < -0.3 is 15.3 Å². The Labute approximate surface area is 123 Å². The van der Waals surface area contributed by atoms with E-state index in [4.69, 9.17) is 0 Å². The van der Waals surface area contributed by atoms with Crippen LogP contribution in [0.15, 0.2) is 22.7 Å². The lowest BCUT2D eigenvalue weighted by Gasteiger charge is -2.26. The molecule has 0 aliphatic carbocycles. The first-order valence-corrected chi connectivity index (χ1v) is 6.80. The number of amides is 1. The molecular formula is C12H14BrN3O4. The Morgan fingerprint density at radius 2 is 2.20 bits per heavy atom. The highest BCUT2D eigenvalue weighted by molar-refractivity contribution is 9.10. The number of carbonyl (C=O) groups is 1. The van der Waals surface area contributed by atoms with E-state index in [0.717, 1.165) is 0 Å². The van der Waals surface area contributed by atoms with Crippen LogP contribution in [0.2, 0.25) is 0 Å². The standard InChI is InChI=1S/C12H14BrN3O4/c1-15(10-5-14-6-11(10)17)12(18)7-2-8(13)4-9(3-7)16(19)20/h2-4,10-11,14,17H,5-6H2,1H3/t10-,11-/m0/s1. The molecule has 0 radical (unpaired) electrons. The van der Waals surface area contributed by atoms with Crippen LogP contribution in [0.1, 0.15) is 10.4 Å². The number of rotatable bonds is 3. The van der Waals surface area contributed by atoms with Crippen molar-refractivity contribution in [1.82, 2.24) is 10.2 Å². The maximum absolute atomic E-state index is 12.3. The number of hydrogen-bond acceptors (Lipinski definition) is 5. The Morgan fingerprint density at radius 1 is 1.50 bits per heavy atom. The Balaban J connectivity index is 2.26. The van der Waals surface area contributed by atoms with Crippen molar-refractivity contribution in [1.29, 1.82) is 0 Å². The van der Waals surface area contributed by atoms with Crippen LogP contribution >= 0.6 is 15.9 Å². The Bertz CT molecular complexity index is 552. The summed E-state index contributed by atoms with van der Waals surface area (Å²) in [5.41, 5.74) is 0.0638. The topological polar surface area (TPSA) is 95.7 Å². The van der Waals surface area contributed by atoms with Gasteiger partial charge in [0.1, 0.15) is 0 Å². The van der Waals surface area contributed by atoms with Crippen LogP contribution in [0.25, 0.3) is 0 Å². The smallest absolute Gasteiger partial charge is 0.271 e. The molecule has 1 saturated heterocycles. The summed E-state index contributed by atoms with van der Waals surface area (Å²) >= 11 is 3.16. The number of β-amino-alcohol motifs (C(OH)–C–C–N with tert-alkyl or cyclic N) is 1. The van der Waals surface area contributed by atoms with Gasteiger partial charge in [-0.1, -0.05) is 15.9 Å². The van der Waals surface area contributed by atoms with Gasteiger partial charge in [-0.05, 0) is 6.07 Å². The van der Waals surface area contributed by atoms with Gasteiger partial charge in [0.05, 0.1) is 17.1 Å². The first-order valence-electron chi connectivity index (χ1n) is 6.01. The number of aliphatic hydroxyl groups is 1. The molecule has 1 aliphatic rings. The number of carbonyl (C=O) groups excluding carboxylic acids is 1. The number of aliphatic hydroxyl groups excluding tert-OH is 1. The van der Waals surface area contributed by atoms with Gasteiger partial charge >= 0.3 is 0 Å². The lowest BCUT2D eigenvalue weighted by atomic mass is 10.1. The molecule has 0 spiro atoms. The van der Waals surface area contributed by atoms with Gasteiger partial charge in [-0.3, -0.25) is 14.9 Å². The number of nitrogens with one attached hydrogen (secondary N) is 1. The lowest BCUT2D eigenvalue weighted by molar-refractivity contribution is -0.385. The van der Waals surface area contributed by atoms with Crippen molar-refractivity contribution in [3.63, 3.8) is 0 Å². The summed E-state index contributed by atoms with van der Waals surface area (Å²) in [7, 11) is 1.58. The molecule has 1 aliphatic heterocycles. The van der Waals surface area contributed by atoms with Crippen LogP contribution < -0.4 is 5.32 Å². The molecule has 2 atom stereocenters. The van der Waals surface area contributed by atoms with Gasteiger partial charge in [-0.15, -0.1) is 0 Å². The van der Waals surface area contributed by atoms with E-state index in [0.29, 0.717) is 17.6 Å². The molecule has 0 aromatic heterocycles. The summed E-state index contributed by atoms with van der Waals surface area (Å²) in [6.45, 7) is 0.931. The van der Waals surface area contributed by atoms with Crippen molar-refractivity contribution in [2.75, 3.05) is 20.1 Å². The van der Waals surface area contributed by atoms with Gasteiger partial charge in [-0.2, -0.15) is 0 Å². The SMILES string of the molecule is CN(C(=O)c1cc(Br)cc([N+](=O)[O-])c1)[C@H]1CNC[C@@H]1O. The Morgan fingerprint density at radius 3 is 2.75 bits per heavy atom. The molecule has 108 valence electrons. The van der Waals surface area contributed by atoms with Crippen LogP contribution in [0.3, 0.4) is 0 Å². The average molecular weight is 344 g/mol. The maximum atomic E-state index is 12.3. The molecule has 0 unspecified atom stereocenters. The lowest BCUT2D eigenvalue weighted by Crippen LogP contribution is -2.44. The van der Waals surface area contributed by atoms with E-state index in [1.807, 2.05) is 0 Å². The minimum Gasteiger partial charge on any atom is -0.390 e. The van der Waals surface area contributed by atoms with Gasteiger partial charge in [0, 0.05) is 42.3 Å². The highest BCUT2D eigenvalue weighted by Gasteiger charge is 2.32. The van der Waals surface area contributed by atoms with Crippen molar-refractivity contribution < 1.29 is 14.8 Å². The van der Waals surface area contributed by atoms with Crippen molar-refractivity contribution in [3.05, 3.63) is 38.3 Å². The summed E-state index contributed by atoms with van der Waals surface area (Å²) in [6, 6.07) is 3.77. The molecule has 2 rings (SSSR count). The average Bonchev–Trinajstić information content (AvgIpc) is 2.82. The van der Waals surface area contributed by atoms with Crippen LogP contribution in [0, 0.1) is 10.1 Å². The normalized spacial score (nSPS) is 21.8. The number of nitro benzene ring substituents is 1. The van der Waals surface area contributed by atoms with Gasteiger partial charge in [0.15, 0.2) is 0 Å². The first kappa shape index (κ1) is 14.9. The van der Waals surface area contributed by atoms with E-state index in [2.05, 4.69) is 21.2 Å². The molecule has 1 heterocycles. The van der Waals surface area contributed by atoms with E-state index in [1.165, 1.54) is 23.1 Å². The highest BCUT2D eigenvalue weighted by atomic mass is 79.9. The zero-order valence-corrected chi connectivity index (χ0v) is 12.3. The van der Waals surface area contributed by atoms with Crippen LogP contribution in [-0.4, -0.2) is 53.1 Å². The zero-order chi connectivity index (χ0) is 14.9. The maximum Gasteiger partial charge on any atom is 0.271 e. The quantitative estimate of drug-likeness (QED) is 0.624. The molecule has 1 aromatic rings. The number of hydrogen-bond donors (Lipinski definition) is 2.